The fourth-order valence-corrected chi connectivity index (χ4v) is 2.10. The van der Waals surface area contributed by atoms with Gasteiger partial charge in [-0.05, 0) is 36.2 Å². The summed E-state index contributed by atoms with van der Waals surface area (Å²) < 4.78 is 13.1. The number of aromatic nitrogens is 1. The van der Waals surface area contributed by atoms with Crippen molar-refractivity contribution in [1.29, 1.82) is 0 Å². The topological polar surface area (TPSA) is 54.0 Å². The summed E-state index contributed by atoms with van der Waals surface area (Å²) in [6, 6.07) is 8.12. The van der Waals surface area contributed by atoms with Crippen LogP contribution in [0.1, 0.15) is 24.1 Å². The van der Waals surface area contributed by atoms with Crippen LogP contribution in [0.3, 0.4) is 0 Å². The van der Waals surface area contributed by atoms with Crippen LogP contribution in [0, 0.1) is 5.82 Å². The maximum absolute atomic E-state index is 13.1. The summed E-state index contributed by atoms with van der Waals surface area (Å²) in [6.45, 7) is 2.49. The van der Waals surface area contributed by atoms with E-state index in [4.69, 9.17) is 11.6 Å². The molecule has 0 radical (unpaired) electrons. The fraction of sp³-hybridized carbons (Fsp3) is 0.250. The first-order chi connectivity index (χ1) is 10.6. The Balaban J connectivity index is 1.79. The van der Waals surface area contributed by atoms with Crippen molar-refractivity contribution in [2.45, 2.75) is 19.5 Å². The van der Waals surface area contributed by atoms with E-state index in [1.54, 1.807) is 24.5 Å². The molecule has 2 aromatic rings. The van der Waals surface area contributed by atoms with Crippen LogP contribution in [0.25, 0.3) is 0 Å². The van der Waals surface area contributed by atoms with E-state index < -0.39 is 5.82 Å². The molecule has 0 aliphatic heterocycles. The molecule has 22 heavy (non-hydrogen) atoms. The lowest BCUT2D eigenvalue weighted by Crippen LogP contribution is -2.34. The number of nitrogens with one attached hydrogen (secondary N) is 2. The van der Waals surface area contributed by atoms with Crippen LogP contribution in [0.5, 0.6) is 0 Å². The van der Waals surface area contributed by atoms with Gasteiger partial charge in [-0.2, -0.15) is 0 Å². The molecule has 0 aliphatic rings. The Morgan fingerprint density at radius 1 is 1.41 bits per heavy atom. The summed E-state index contributed by atoms with van der Waals surface area (Å²) in [7, 11) is 0. The lowest BCUT2D eigenvalue weighted by atomic mass is 10.1. The summed E-state index contributed by atoms with van der Waals surface area (Å²) in [5.41, 5.74) is 1.76. The maximum Gasteiger partial charge on any atom is 0.234 e. The lowest BCUT2D eigenvalue weighted by Gasteiger charge is -2.14. The number of carbonyl (C=O) groups excluding carboxylic acids is 1. The number of pyridine rings is 1. The maximum atomic E-state index is 13.1. The van der Waals surface area contributed by atoms with Crippen molar-refractivity contribution in [2.75, 3.05) is 6.54 Å². The third kappa shape index (κ3) is 4.79. The molecular weight excluding hydrogens is 305 g/mol. The van der Waals surface area contributed by atoms with Crippen LogP contribution in [0.2, 0.25) is 5.02 Å². The van der Waals surface area contributed by atoms with Crippen molar-refractivity contribution in [3.05, 3.63) is 64.7 Å². The van der Waals surface area contributed by atoms with Crippen molar-refractivity contribution in [2.24, 2.45) is 0 Å². The van der Waals surface area contributed by atoms with Gasteiger partial charge in [0.05, 0.1) is 11.6 Å². The van der Waals surface area contributed by atoms with Gasteiger partial charge in [-0.1, -0.05) is 23.7 Å². The van der Waals surface area contributed by atoms with E-state index in [0.29, 0.717) is 6.54 Å². The highest BCUT2D eigenvalue weighted by Gasteiger charge is 2.09. The highest BCUT2D eigenvalue weighted by molar-refractivity contribution is 6.30. The molecule has 1 aromatic carbocycles. The van der Waals surface area contributed by atoms with Crippen LogP contribution >= 0.6 is 11.6 Å². The van der Waals surface area contributed by atoms with Crippen molar-refractivity contribution in [1.82, 2.24) is 15.6 Å². The van der Waals surface area contributed by atoms with Crippen molar-refractivity contribution in [3.8, 4) is 0 Å². The van der Waals surface area contributed by atoms with E-state index >= 15 is 0 Å². The zero-order valence-corrected chi connectivity index (χ0v) is 12.9. The molecule has 1 unspecified atom stereocenters. The van der Waals surface area contributed by atoms with Crippen LogP contribution in [-0.4, -0.2) is 17.4 Å². The Kier molecular flexibility index (Phi) is 5.86. The van der Waals surface area contributed by atoms with Gasteiger partial charge in [-0.25, -0.2) is 4.39 Å². The normalized spacial score (nSPS) is 12.0. The molecule has 1 amide bonds. The molecule has 2 N–H and O–H groups in total. The molecule has 2 rings (SSSR count). The first kappa shape index (κ1) is 16.4. The number of hydrogen-bond acceptors (Lipinski definition) is 3. The van der Waals surface area contributed by atoms with Crippen molar-refractivity contribution in [3.63, 3.8) is 0 Å². The molecule has 1 heterocycles. The van der Waals surface area contributed by atoms with E-state index in [1.165, 1.54) is 6.07 Å². The predicted octanol–water partition coefficient (Wildman–Crippen LogP) is 2.84. The van der Waals surface area contributed by atoms with Gasteiger partial charge in [-0.3, -0.25) is 9.78 Å². The zero-order valence-electron chi connectivity index (χ0n) is 12.1. The Labute approximate surface area is 133 Å². The van der Waals surface area contributed by atoms with Gasteiger partial charge in [0.25, 0.3) is 0 Å². The smallest absolute Gasteiger partial charge is 0.234 e. The molecule has 1 atom stereocenters. The van der Waals surface area contributed by atoms with E-state index in [2.05, 4.69) is 15.6 Å². The monoisotopic (exact) mass is 321 g/mol. The van der Waals surface area contributed by atoms with E-state index in [0.717, 1.165) is 11.1 Å². The van der Waals surface area contributed by atoms with Gasteiger partial charge < -0.3 is 10.6 Å². The minimum Gasteiger partial charge on any atom is -0.351 e. The highest BCUT2D eigenvalue weighted by Crippen LogP contribution is 2.20. The second-order valence-corrected chi connectivity index (χ2v) is 5.32. The van der Waals surface area contributed by atoms with Crippen LogP contribution < -0.4 is 10.6 Å². The molecule has 0 aliphatic carbocycles. The van der Waals surface area contributed by atoms with Gasteiger partial charge in [0.1, 0.15) is 5.82 Å². The number of rotatable bonds is 6. The Bertz CT molecular complexity index is 637. The standard InChI is InChI=1S/C16H17ClFN3O/c1-11(13-4-5-15(18)14(17)7-13)20-10-16(22)21-9-12-3-2-6-19-8-12/h2-8,11,20H,9-10H2,1H3,(H,21,22). The largest absolute Gasteiger partial charge is 0.351 e. The minimum absolute atomic E-state index is 0.0761. The Hall–Kier alpha value is -1.98. The van der Waals surface area contributed by atoms with Crippen LogP contribution in [0.15, 0.2) is 42.7 Å². The van der Waals surface area contributed by atoms with Gasteiger partial charge in [0.2, 0.25) is 5.91 Å². The zero-order chi connectivity index (χ0) is 15.9. The molecule has 6 heteroatoms. The van der Waals surface area contributed by atoms with E-state index in [-0.39, 0.29) is 23.5 Å². The third-order valence-corrected chi connectivity index (χ3v) is 3.51. The SMILES string of the molecule is CC(NCC(=O)NCc1cccnc1)c1ccc(F)c(Cl)c1. The molecule has 0 fully saturated rings. The van der Waals surface area contributed by atoms with Gasteiger partial charge in [-0.15, -0.1) is 0 Å². The predicted molar refractivity (Wildman–Crippen MR) is 83.9 cm³/mol. The number of carbonyl (C=O) groups is 1. The molecule has 4 nitrogen and oxygen atoms in total. The highest BCUT2D eigenvalue weighted by atomic mass is 35.5. The molecular formula is C16H17ClFN3O. The molecule has 0 spiro atoms. The van der Waals surface area contributed by atoms with E-state index in [9.17, 15) is 9.18 Å². The van der Waals surface area contributed by atoms with Crippen molar-refractivity contribution >= 4 is 17.5 Å². The quantitative estimate of drug-likeness (QED) is 0.860. The first-order valence-electron chi connectivity index (χ1n) is 6.90. The second kappa shape index (κ2) is 7.87. The second-order valence-electron chi connectivity index (χ2n) is 4.91. The van der Waals surface area contributed by atoms with Gasteiger partial charge >= 0.3 is 0 Å². The van der Waals surface area contributed by atoms with Gasteiger partial charge in [0, 0.05) is 25.0 Å². The summed E-state index contributed by atoms with van der Waals surface area (Å²) in [5, 5.41) is 5.95. The molecule has 1 aromatic heterocycles. The number of hydrogen-bond donors (Lipinski definition) is 2. The molecule has 0 bridgehead atoms. The molecule has 116 valence electrons. The van der Waals surface area contributed by atoms with Crippen molar-refractivity contribution < 1.29 is 9.18 Å². The Morgan fingerprint density at radius 2 is 2.23 bits per heavy atom. The minimum atomic E-state index is -0.452. The van der Waals surface area contributed by atoms with E-state index in [1.807, 2.05) is 19.1 Å². The van der Waals surface area contributed by atoms with Gasteiger partial charge in [0.15, 0.2) is 0 Å². The number of amides is 1. The summed E-state index contributed by atoms with van der Waals surface area (Å²) >= 11 is 5.75. The average molecular weight is 322 g/mol. The lowest BCUT2D eigenvalue weighted by molar-refractivity contribution is -0.120. The number of benzene rings is 1. The average Bonchev–Trinajstić information content (AvgIpc) is 2.54. The number of halogens is 2. The summed E-state index contributed by atoms with van der Waals surface area (Å²) in [5.74, 6) is -0.573. The third-order valence-electron chi connectivity index (χ3n) is 3.22. The molecule has 0 saturated carbocycles. The fourth-order valence-electron chi connectivity index (χ4n) is 1.91. The Morgan fingerprint density at radius 3 is 2.91 bits per heavy atom. The van der Waals surface area contributed by atoms with Crippen LogP contribution in [-0.2, 0) is 11.3 Å². The first-order valence-corrected chi connectivity index (χ1v) is 7.28. The molecule has 0 saturated heterocycles. The summed E-state index contributed by atoms with van der Waals surface area (Å²) in [6.07, 6.45) is 3.39. The van der Waals surface area contributed by atoms with Crippen LogP contribution in [0.4, 0.5) is 4.39 Å². The number of nitrogens with zero attached hydrogens (tertiary/aromatic N) is 1. The summed E-state index contributed by atoms with van der Waals surface area (Å²) in [4.78, 5) is 15.8.